The summed E-state index contributed by atoms with van der Waals surface area (Å²) in [6, 6.07) is 11.8. The van der Waals surface area contributed by atoms with Crippen molar-refractivity contribution in [1.29, 1.82) is 0 Å². The first-order valence-corrected chi connectivity index (χ1v) is 11.8. The largest absolute Gasteiger partial charge is 0.492 e. The molecule has 0 aliphatic heterocycles. The van der Waals surface area contributed by atoms with E-state index in [1.165, 1.54) is 24.5 Å². The molecule has 2 heterocycles. The maximum absolute atomic E-state index is 15.0. The molecule has 2 N–H and O–H groups in total. The Labute approximate surface area is 211 Å². The van der Waals surface area contributed by atoms with Gasteiger partial charge in [-0.2, -0.15) is 0 Å². The molecule has 0 bridgehead atoms. The zero-order valence-electron chi connectivity index (χ0n) is 20.0. The van der Waals surface area contributed by atoms with Crippen molar-refractivity contribution in [2.24, 2.45) is 0 Å². The van der Waals surface area contributed by atoms with Crippen molar-refractivity contribution in [2.75, 3.05) is 25.5 Å². The number of anilines is 1. The number of hydrogen-bond acceptors (Lipinski definition) is 7. The van der Waals surface area contributed by atoms with Gasteiger partial charge in [0.1, 0.15) is 29.8 Å². The fourth-order valence-corrected chi connectivity index (χ4v) is 3.59. The molecule has 37 heavy (non-hydrogen) atoms. The van der Waals surface area contributed by atoms with E-state index in [2.05, 4.69) is 20.6 Å². The summed E-state index contributed by atoms with van der Waals surface area (Å²) in [5.74, 6) is -2.13. The minimum atomic E-state index is -0.979. The molecule has 10 heteroatoms. The van der Waals surface area contributed by atoms with Gasteiger partial charge in [-0.3, -0.25) is 9.78 Å². The van der Waals surface area contributed by atoms with E-state index < -0.39 is 23.3 Å². The van der Waals surface area contributed by atoms with Crippen molar-refractivity contribution >= 4 is 22.5 Å². The minimum Gasteiger partial charge on any atom is -0.492 e. The summed E-state index contributed by atoms with van der Waals surface area (Å²) in [7, 11) is 1.83. The number of rotatable bonds is 10. The molecule has 1 amide bonds. The zero-order valence-corrected chi connectivity index (χ0v) is 20.0. The van der Waals surface area contributed by atoms with E-state index in [1.54, 1.807) is 24.3 Å². The maximum atomic E-state index is 15.0. The fourth-order valence-electron chi connectivity index (χ4n) is 3.59. The second kappa shape index (κ2) is 10.8. The average molecular weight is 507 g/mol. The van der Waals surface area contributed by atoms with Gasteiger partial charge in [0.05, 0.1) is 5.52 Å². The molecule has 1 aliphatic carbocycles. The molecule has 8 nitrogen and oxygen atoms in total. The lowest BCUT2D eigenvalue weighted by molar-refractivity contribution is 0.102. The molecule has 1 saturated carbocycles. The van der Waals surface area contributed by atoms with Crippen molar-refractivity contribution in [3.05, 3.63) is 78.1 Å². The molecule has 0 radical (unpaired) electrons. The summed E-state index contributed by atoms with van der Waals surface area (Å²) in [6.07, 6.45) is 4.83. The van der Waals surface area contributed by atoms with Crippen LogP contribution in [0.25, 0.3) is 10.9 Å². The van der Waals surface area contributed by atoms with E-state index in [4.69, 9.17) is 14.2 Å². The molecule has 190 valence electrons. The predicted molar refractivity (Wildman–Crippen MR) is 133 cm³/mol. The van der Waals surface area contributed by atoms with E-state index in [0.717, 1.165) is 25.0 Å². The number of amides is 1. The van der Waals surface area contributed by atoms with Gasteiger partial charge in [-0.15, -0.1) is 0 Å². The summed E-state index contributed by atoms with van der Waals surface area (Å²) in [4.78, 5) is 21.2. The van der Waals surface area contributed by atoms with Crippen molar-refractivity contribution in [1.82, 2.24) is 15.3 Å². The van der Waals surface area contributed by atoms with Crippen molar-refractivity contribution in [3.8, 4) is 23.1 Å². The highest BCUT2D eigenvalue weighted by molar-refractivity contribution is 6.05. The van der Waals surface area contributed by atoms with Gasteiger partial charge in [0.15, 0.2) is 17.4 Å². The summed E-state index contributed by atoms with van der Waals surface area (Å²) in [6.45, 7) is 1.16. The van der Waals surface area contributed by atoms with Crippen molar-refractivity contribution < 1.29 is 27.8 Å². The van der Waals surface area contributed by atoms with Crippen molar-refractivity contribution in [3.63, 3.8) is 0 Å². The molecule has 0 unspecified atom stereocenters. The number of fused-ring (bicyclic) bond motifs is 1. The Morgan fingerprint density at radius 3 is 2.62 bits per heavy atom. The average Bonchev–Trinajstić information content (AvgIpc) is 3.71. The van der Waals surface area contributed by atoms with Crippen LogP contribution < -0.4 is 24.8 Å². The molecule has 4 aromatic rings. The number of aromatic nitrogens is 2. The lowest BCUT2D eigenvalue weighted by Gasteiger charge is -2.13. The predicted octanol–water partition coefficient (Wildman–Crippen LogP) is 5.09. The number of pyridine rings is 2. The number of likely N-dealkylation sites (N-methyl/N-ethyl adjacent to an activating group) is 1. The lowest BCUT2D eigenvalue weighted by Crippen LogP contribution is -2.15. The Kier molecular flexibility index (Phi) is 7.09. The van der Waals surface area contributed by atoms with Gasteiger partial charge < -0.3 is 24.8 Å². The maximum Gasteiger partial charge on any atom is 0.261 e. The van der Waals surface area contributed by atoms with E-state index in [0.29, 0.717) is 29.8 Å². The summed E-state index contributed by atoms with van der Waals surface area (Å²) in [5.41, 5.74) is 0.648. The first-order chi connectivity index (χ1) is 18.0. The third kappa shape index (κ3) is 5.75. The molecule has 0 spiro atoms. The summed E-state index contributed by atoms with van der Waals surface area (Å²) < 4.78 is 46.8. The van der Waals surface area contributed by atoms with Gasteiger partial charge in [0.2, 0.25) is 5.88 Å². The SMILES string of the molecule is CNCCOc1ccc2c(Oc3c(F)cc(NC(=O)c4cccnc4OC4CC4)cc3F)ccnc2c1. The first-order valence-electron chi connectivity index (χ1n) is 11.8. The van der Waals surface area contributed by atoms with Gasteiger partial charge >= 0.3 is 0 Å². The molecule has 0 atom stereocenters. The van der Waals surface area contributed by atoms with Crippen LogP contribution in [0.4, 0.5) is 14.5 Å². The number of nitrogens with one attached hydrogen (secondary N) is 2. The van der Waals surface area contributed by atoms with Crippen LogP contribution >= 0.6 is 0 Å². The van der Waals surface area contributed by atoms with Crippen LogP contribution in [0.3, 0.4) is 0 Å². The molecule has 5 rings (SSSR count). The number of ether oxygens (including phenoxy) is 3. The number of carbonyl (C=O) groups is 1. The topological polar surface area (TPSA) is 94.6 Å². The number of nitrogens with zero attached hydrogens (tertiary/aromatic N) is 2. The Morgan fingerprint density at radius 1 is 1.05 bits per heavy atom. The number of halogens is 2. The van der Waals surface area contributed by atoms with Gasteiger partial charge in [-0.25, -0.2) is 13.8 Å². The zero-order chi connectivity index (χ0) is 25.8. The van der Waals surface area contributed by atoms with Crippen LogP contribution in [-0.4, -0.2) is 42.2 Å². The van der Waals surface area contributed by atoms with Crippen LogP contribution in [0.5, 0.6) is 23.1 Å². The number of benzene rings is 2. The minimum absolute atomic E-state index is 0.0366. The Hall–Kier alpha value is -4.31. The Bertz CT molecular complexity index is 1420. The first kappa shape index (κ1) is 24.4. The highest BCUT2D eigenvalue weighted by atomic mass is 19.1. The van der Waals surface area contributed by atoms with Crippen molar-refractivity contribution in [2.45, 2.75) is 18.9 Å². The van der Waals surface area contributed by atoms with Gasteiger partial charge in [0, 0.05) is 48.2 Å². The molecule has 2 aromatic carbocycles. The van der Waals surface area contributed by atoms with E-state index >= 15 is 0 Å². The normalized spacial score (nSPS) is 12.8. The molecule has 2 aromatic heterocycles. The Balaban J connectivity index is 1.34. The highest BCUT2D eigenvalue weighted by Crippen LogP contribution is 2.35. The molecule has 1 fully saturated rings. The fraction of sp³-hybridized carbons (Fsp3) is 0.222. The van der Waals surface area contributed by atoms with Crippen LogP contribution in [-0.2, 0) is 0 Å². The highest BCUT2D eigenvalue weighted by Gasteiger charge is 2.26. The summed E-state index contributed by atoms with van der Waals surface area (Å²) in [5, 5.41) is 6.05. The Morgan fingerprint density at radius 2 is 1.86 bits per heavy atom. The van der Waals surface area contributed by atoms with E-state index in [9.17, 15) is 13.6 Å². The van der Waals surface area contributed by atoms with Gasteiger partial charge in [0.25, 0.3) is 5.91 Å². The van der Waals surface area contributed by atoms with Gasteiger partial charge in [-0.1, -0.05) is 0 Å². The molecular weight excluding hydrogens is 482 g/mol. The van der Waals surface area contributed by atoms with Crippen LogP contribution in [0.2, 0.25) is 0 Å². The third-order valence-corrected chi connectivity index (χ3v) is 5.58. The monoisotopic (exact) mass is 506 g/mol. The lowest BCUT2D eigenvalue weighted by atomic mass is 10.2. The molecular formula is C27H24F2N4O4. The van der Waals surface area contributed by atoms with E-state index in [1.807, 2.05) is 7.05 Å². The van der Waals surface area contributed by atoms with E-state index in [-0.39, 0.29) is 29.0 Å². The quantitative estimate of drug-likeness (QED) is 0.289. The van der Waals surface area contributed by atoms with Crippen LogP contribution in [0.1, 0.15) is 23.2 Å². The van der Waals surface area contributed by atoms with Crippen LogP contribution in [0, 0.1) is 11.6 Å². The second-order valence-electron chi connectivity index (χ2n) is 8.44. The van der Waals surface area contributed by atoms with Crippen LogP contribution in [0.15, 0.2) is 60.9 Å². The van der Waals surface area contributed by atoms with Gasteiger partial charge in [-0.05, 0) is 50.2 Å². The standard InChI is InChI=1S/C27H24F2N4O4/c1-30-11-12-35-18-6-7-19-23(15-18)31-10-8-24(19)37-25-21(28)13-16(14-22(25)29)33-26(34)20-3-2-9-32-27(20)36-17-4-5-17/h2-3,6-10,13-15,17,30H,4-5,11-12H2,1H3,(H,33,34). The summed E-state index contributed by atoms with van der Waals surface area (Å²) >= 11 is 0. The smallest absolute Gasteiger partial charge is 0.261 e. The second-order valence-corrected chi connectivity index (χ2v) is 8.44. The number of hydrogen-bond donors (Lipinski definition) is 2. The number of carbonyl (C=O) groups excluding carboxylic acids is 1. The molecule has 1 aliphatic rings. The molecule has 0 saturated heterocycles. The third-order valence-electron chi connectivity index (χ3n) is 5.58.